The van der Waals surface area contributed by atoms with Gasteiger partial charge >= 0.3 is 0 Å². The average Bonchev–Trinajstić information content (AvgIpc) is 2.90. The molecule has 1 fully saturated rings. The summed E-state index contributed by atoms with van der Waals surface area (Å²) >= 11 is 0. The van der Waals surface area contributed by atoms with E-state index in [-0.39, 0.29) is 5.91 Å². The molecule has 1 aliphatic heterocycles. The Bertz CT molecular complexity index is 623. The molecule has 5 heteroatoms. The molecular formula is C14H13N3O2. The Morgan fingerprint density at radius 3 is 3.11 bits per heavy atom. The molecule has 3 rings (SSSR count). The normalized spacial score (nSPS) is 19.3. The van der Waals surface area contributed by atoms with Crippen molar-refractivity contribution in [1.82, 2.24) is 9.88 Å². The lowest BCUT2D eigenvalue weighted by atomic mass is 10.2. The van der Waals surface area contributed by atoms with Crippen molar-refractivity contribution in [2.75, 3.05) is 19.7 Å². The van der Waals surface area contributed by atoms with Crippen molar-refractivity contribution < 1.29 is 9.53 Å². The third-order valence-electron chi connectivity index (χ3n) is 3.26. The highest BCUT2D eigenvalue weighted by atomic mass is 16.5. The minimum Gasteiger partial charge on any atom is -0.360 e. The van der Waals surface area contributed by atoms with Crippen molar-refractivity contribution >= 4 is 16.8 Å². The van der Waals surface area contributed by atoms with E-state index in [0.29, 0.717) is 25.4 Å². The van der Waals surface area contributed by atoms with Crippen LogP contribution in [0.15, 0.2) is 30.3 Å². The van der Waals surface area contributed by atoms with Crippen molar-refractivity contribution in [2.45, 2.75) is 6.10 Å². The number of hydrogen-bond donors (Lipinski definition) is 1. The summed E-state index contributed by atoms with van der Waals surface area (Å²) in [4.78, 5) is 17.1. The highest BCUT2D eigenvalue weighted by Crippen LogP contribution is 2.17. The molecule has 1 atom stereocenters. The molecule has 5 nitrogen and oxygen atoms in total. The van der Waals surface area contributed by atoms with Crippen molar-refractivity contribution in [3.8, 4) is 6.07 Å². The molecule has 1 aromatic carbocycles. The zero-order valence-corrected chi connectivity index (χ0v) is 10.3. The molecule has 1 aromatic heterocycles. The second kappa shape index (κ2) is 4.75. The Morgan fingerprint density at radius 1 is 1.47 bits per heavy atom. The number of nitrogens with one attached hydrogen (secondary N) is 1. The van der Waals surface area contributed by atoms with Gasteiger partial charge in [0.15, 0.2) is 6.10 Å². The molecule has 2 aromatic rings. The molecule has 2 heterocycles. The zero-order chi connectivity index (χ0) is 13.2. The standard InChI is InChI=1S/C14H13N3O2/c15-8-11-9-17(5-6-19-11)14(18)13-7-10-3-1-2-4-12(10)16-13/h1-4,7,11,16H,5-6,9H2. The number of ether oxygens (including phenoxy) is 1. The van der Waals surface area contributed by atoms with Crippen LogP contribution in [0, 0.1) is 11.3 Å². The molecule has 1 amide bonds. The van der Waals surface area contributed by atoms with Gasteiger partial charge in [0.1, 0.15) is 5.69 Å². The van der Waals surface area contributed by atoms with Crippen LogP contribution in [0.3, 0.4) is 0 Å². The Kier molecular flexibility index (Phi) is 2.94. The fraction of sp³-hybridized carbons (Fsp3) is 0.286. The topological polar surface area (TPSA) is 69.1 Å². The van der Waals surface area contributed by atoms with Gasteiger partial charge in [-0.2, -0.15) is 5.26 Å². The molecule has 0 aliphatic carbocycles. The largest absolute Gasteiger partial charge is 0.360 e. The third kappa shape index (κ3) is 2.18. The first-order valence-corrected chi connectivity index (χ1v) is 6.16. The predicted molar refractivity (Wildman–Crippen MR) is 69.6 cm³/mol. The van der Waals surface area contributed by atoms with Crippen LogP contribution in [0.4, 0.5) is 0 Å². The summed E-state index contributed by atoms with van der Waals surface area (Å²) in [6.45, 7) is 1.25. The van der Waals surface area contributed by atoms with E-state index in [4.69, 9.17) is 10.00 Å². The van der Waals surface area contributed by atoms with E-state index in [1.165, 1.54) is 0 Å². The number of nitriles is 1. The van der Waals surface area contributed by atoms with Gasteiger partial charge in [0, 0.05) is 17.4 Å². The van der Waals surface area contributed by atoms with Crippen LogP contribution in [0.5, 0.6) is 0 Å². The van der Waals surface area contributed by atoms with E-state index in [2.05, 4.69) is 4.98 Å². The van der Waals surface area contributed by atoms with Gasteiger partial charge < -0.3 is 14.6 Å². The quantitative estimate of drug-likeness (QED) is 0.840. The van der Waals surface area contributed by atoms with Gasteiger partial charge in [-0.05, 0) is 12.1 Å². The van der Waals surface area contributed by atoms with Gasteiger partial charge in [0.2, 0.25) is 0 Å². The Morgan fingerprint density at radius 2 is 2.32 bits per heavy atom. The minimum absolute atomic E-state index is 0.0836. The molecule has 1 unspecified atom stereocenters. The van der Waals surface area contributed by atoms with Gasteiger partial charge in [-0.3, -0.25) is 4.79 Å². The summed E-state index contributed by atoms with van der Waals surface area (Å²) in [5, 5.41) is 9.86. The number of rotatable bonds is 1. The summed E-state index contributed by atoms with van der Waals surface area (Å²) in [5.41, 5.74) is 1.50. The zero-order valence-electron chi connectivity index (χ0n) is 10.3. The van der Waals surface area contributed by atoms with E-state index < -0.39 is 6.10 Å². The molecule has 0 bridgehead atoms. The summed E-state index contributed by atoms with van der Waals surface area (Å²) in [7, 11) is 0. The van der Waals surface area contributed by atoms with E-state index in [1.54, 1.807) is 4.90 Å². The molecule has 1 N–H and O–H groups in total. The first-order chi connectivity index (χ1) is 9.28. The lowest BCUT2D eigenvalue weighted by Crippen LogP contribution is -2.45. The predicted octanol–water partition coefficient (Wildman–Crippen LogP) is 1.53. The number of morpholine rings is 1. The number of aromatic nitrogens is 1. The van der Waals surface area contributed by atoms with Gasteiger partial charge in [0.05, 0.1) is 19.2 Å². The van der Waals surface area contributed by atoms with Crippen LogP contribution in [-0.4, -0.2) is 41.6 Å². The molecule has 19 heavy (non-hydrogen) atoms. The minimum atomic E-state index is -0.526. The first kappa shape index (κ1) is 11.8. The smallest absolute Gasteiger partial charge is 0.270 e. The maximum Gasteiger partial charge on any atom is 0.270 e. The molecule has 0 radical (unpaired) electrons. The Labute approximate surface area is 110 Å². The van der Waals surface area contributed by atoms with E-state index in [0.717, 1.165) is 10.9 Å². The third-order valence-corrected chi connectivity index (χ3v) is 3.26. The van der Waals surface area contributed by atoms with Crippen LogP contribution in [-0.2, 0) is 4.74 Å². The Balaban J connectivity index is 1.85. The number of nitrogens with zero attached hydrogens (tertiary/aromatic N) is 2. The molecule has 0 spiro atoms. The number of carbonyl (C=O) groups is 1. The van der Waals surface area contributed by atoms with Crippen LogP contribution in [0.25, 0.3) is 10.9 Å². The highest BCUT2D eigenvalue weighted by molar-refractivity contribution is 5.98. The van der Waals surface area contributed by atoms with E-state index >= 15 is 0 Å². The molecule has 0 saturated carbocycles. The fourth-order valence-electron chi connectivity index (χ4n) is 2.27. The summed E-state index contributed by atoms with van der Waals surface area (Å²) < 4.78 is 5.24. The number of para-hydroxylation sites is 1. The first-order valence-electron chi connectivity index (χ1n) is 6.16. The summed E-state index contributed by atoms with van der Waals surface area (Å²) in [6, 6.07) is 11.6. The molecule has 1 saturated heterocycles. The number of aromatic amines is 1. The highest BCUT2D eigenvalue weighted by Gasteiger charge is 2.25. The number of H-pyrrole nitrogens is 1. The second-order valence-corrected chi connectivity index (χ2v) is 4.51. The van der Waals surface area contributed by atoms with Gasteiger partial charge in [-0.15, -0.1) is 0 Å². The lowest BCUT2D eigenvalue weighted by Gasteiger charge is -2.29. The van der Waals surface area contributed by atoms with Gasteiger partial charge in [-0.1, -0.05) is 18.2 Å². The number of fused-ring (bicyclic) bond motifs is 1. The number of benzene rings is 1. The van der Waals surface area contributed by atoms with Crippen molar-refractivity contribution in [1.29, 1.82) is 5.26 Å². The summed E-state index contributed by atoms with van der Waals surface area (Å²) in [6.07, 6.45) is -0.526. The maximum atomic E-state index is 12.4. The molecule has 1 aliphatic rings. The van der Waals surface area contributed by atoms with Crippen LogP contribution >= 0.6 is 0 Å². The van der Waals surface area contributed by atoms with Crippen molar-refractivity contribution in [3.63, 3.8) is 0 Å². The van der Waals surface area contributed by atoms with Crippen molar-refractivity contribution in [3.05, 3.63) is 36.0 Å². The number of hydrogen-bond acceptors (Lipinski definition) is 3. The van der Waals surface area contributed by atoms with E-state index in [9.17, 15) is 4.79 Å². The van der Waals surface area contributed by atoms with E-state index in [1.807, 2.05) is 36.4 Å². The fourth-order valence-corrected chi connectivity index (χ4v) is 2.27. The monoisotopic (exact) mass is 255 g/mol. The van der Waals surface area contributed by atoms with Crippen molar-refractivity contribution in [2.24, 2.45) is 0 Å². The number of carbonyl (C=O) groups excluding carboxylic acids is 1. The number of amides is 1. The van der Waals surface area contributed by atoms with Crippen LogP contribution < -0.4 is 0 Å². The second-order valence-electron chi connectivity index (χ2n) is 4.51. The van der Waals surface area contributed by atoms with Crippen LogP contribution in [0.2, 0.25) is 0 Å². The Hall–Kier alpha value is -2.32. The SMILES string of the molecule is N#CC1CN(C(=O)c2cc3ccccc3[nH]2)CCO1. The van der Waals surface area contributed by atoms with Crippen LogP contribution in [0.1, 0.15) is 10.5 Å². The maximum absolute atomic E-state index is 12.4. The lowest BCUT2D eigenvalue weighted by molar-refractivity contribution is 0.00324. The van der Waals surface area contributed by atoms with Gasteiger partial charge in [0.25, 0.3) is 5.91 Å². The van der Waals surface area contributed by atoms with Gasteiger partial charge in [-0.25, -0.2) is 0 Å². The summed E-state index contributed by atoms with van der Waals surface area (Å²) in [5.74, 6) is -0.0836. The molecule has 96 valence electrons. The molecular weight excluding hydrogens is 242 g/mol. The average molecular weight is 255 g/mol.